The molecular weight excluding hydrogens is 320 g/mol. The normalized spacial score (nSPS) is 22.5. The SMILES string of the molecule is O=C(CC1(O)CCC1)N1CCn2c(nc(CN3CCCC3)cc2=O)C1. The van der Waals surface area contributed by atoms with E-state index in [1.165, 1.54) is 12.8 Å². The highest BCUT2D eigenvalue weighted by Crippen LogP contribution is 2.35. The minimum Gasteiger partial charge on any atom is -0.389 e. The molecule has 3 heterocycles. The van der Waals surface area contributed by atoms with E-state index in [4.69, 9.17) is 0 Å². The molecule has 136 valence electrons. The summed E-state index contributed by atoms with van der Waals surface area (Å²) in [6.07, 6.45) is 5.00. The van der Waals surface area contributed by atoms with Crippen molar-refractivity contribution in [1.82, 2.24) is 19.4 Å². The van der Waals surface area contributed by atoms with Crippen molar-refractivity contribution >= 4 is 5.91 Å². The van der Waals surface area contributed by atoms with Gasteiger partial charge in [0.25, 0.3) is 5.56 Å². The van der Waals surface area contributed by atoms with E-state index in [9.17, 15) is 14.7 Å². The fraction of sp³-hybridized carbons (Fsp3) is 0.722. The van der Waals surface area contributed by atoms with Gasteiger partial charge in [-0.1, -0.05) is 0 Å². The minimum atomic E-state index is -0.806. The van der Waals surface area contributed by atoms with Gasteiger partial charge < -0.3 is 10.0 Å². The number of amides is 1. The van der Waals surface area contributed by atoms with Gasteiger partial charge in [0.15, 0.2) is 0 Å². The topological polar surface area (TPSA) is 78.7 Å². The molecule has 4 rings (SSSR count). The molecule has 1 saturated carbocycles. The molecule has 1 aromatic rings. The fourth-order valence-corrected chi connectivity index (χ4v) is 4.06. The summed E-state index contributed by atoms with van der Waals surface area (Å²) >= 11 is 0. The average Bonchev–Trinajstić information content (AvgIpc) is 3.05. The fourth-order valence-electron chi connectivity index (χ4n) is 4.06. The molecule has 2 aliphatic heterocycles. The molecule has 0 radical (unpaired) electrons. The Bertz CT molecular complexity index is 720. The summed E-state index contributed by atoms with van der Waals surface area (Å²) in [5, 5.41) is 10.2. The first kappa shape index (κ1) is 16.7. The van der Waals surface area contributed by atoms with Crippen molar-refractivity contribution in [3.05, 3.63) is 27.9 Å². The monoisotopic (exact) mass is 346 g/mol. The average molecular weight is 346 g/mol. The van der Waals surface area contributed by atoms with Gasteiger partial charge in [-0.05, 0) is 45.2 Å². The Kier molecular flexibility index (Phi) is 4.37. The second-order valence-corrected chi connectivity index (χ2v) is 7.71. The van der Waals surface area contributed by atoms with E-state index in [1.54, 1.807) is 15.5 Å². The van der Waals surface area contributed by atoms with Gasteiger partial charge in [-0.15, -0.1) is 0 Å². The molecule has 7 heteroatoms. The zero-order valence-corrected chi connectivity index (χ0v) is 14.6. The van der Waals surface area contributed by atoms with Crippen molar-refractivity contribution in [2.75, 3.05) is 19.6 Å². The maximum absolute atomic E-state index is 12.5. The molecule has 1 N–H and O–H groups in total. The van der Waals surface area contributed by atoms with Crippen LogP contribution in [-0.4, -0.2) is 55.6 Å². The van der Waals surface area contributed by atoms with Gasteiger partial charge in [-0.3, -0.25) is 19.1 Å². The van der Waals surface area contributed by atoms with Gasteiger partial charge in [-0.2, -0.15) is 0 Å². The largest absolute Gasteiger partial charge is 0.389 e. The van der Waals surface area contributed by atoms with Crippen LogP contribution in [0.5, 0.6) is 0 Å². The van der Waals surface area contributed by atoms with E-state index in [0.717, 1.165) is 25.2 Å². The van der Waals surface area contributed by atoms with Crippen LogP contribution in [0.4, 0.5) is 0 Å². The molecule has 2 fully saturated rings. The lowest BCUT2D eigenvalue weighted by Gasteiger charge is -2.38. The van der Waals surface area contributed by atoms with Gasteiger partial charge in [-0.25, -0.2) is 4.98 Å². The molecule has 1 aromatic heterocycles. The van der Waals surface area contributed by atoms with Gasteiger partial charge in [0.2, 0.25) is 5.91 Å². The highest BCUT2D eigenvalue weighted by molar-refractivity contribution is 5.77. The van der Waals surface area contributed by atoms with Crippen LogP contribution < -0.4 is 5.56 Å². The molecule has 1 aliphatic carbocycles. The molecule has 0 aromatic carbocycles. The van der Waals surface area contributed by atoms with Crippen LogP contribution >= 0.6 is 0 Å². The number of rotatable bonds is 4. The third-order valence-electron chi connectivity index (χ3n) is 5.77. The van der Waals surface area contributed by atoms with Crippen LogP contribution in [0.25, 0.3) is 0 Å². The van der Waals surface area contributed by atoms with Crippen molar-refractivity contribution in [3.8, 4) is 0 Å². The molecule has 1 amide bonds. The number of hydrogen-bond acceptors (Lipinski definition) is 5. The molecule has 3 aliphatic rings. The maximum Gasteiger partial charge on any atom is 0.253 e. The first-order valence-corrected chi connectivity index (χ1v) is 9.35. The first-order chi connectivity index (χ1) is 12.0. The number of hydrogen-bond donors (Lipinski definition) is 1. The van der Waals surface area contributed by atoms with E-state index in [1.807, 2.05) is 0 Å². The van der Waals surface area contributed by atoms with Crippen molar-refractivity contribution in [3.63, 3.8) is 0 Å². The molecule has 25 heavy (non-hydrogen) atoms. The van der Waals surface area contributed by atoms with Gasteiger partial charge in [0.1, 0.15) is 5.82 Å². The summed E-state index contributed by atoms with van der Waals surface area (Å²) in [5.41, 5.74) is -0.0341. The first-order valence-electron chi connectivity index (χ1n) is 9.35. The van der Waals surface area contributed by atoms with Gasteiger partial charge >= 0.3 is 0 Å². The van der Waals surface area contributed by atoms with E-state index in [-0.39, 0.29) is 17.9 Å². The highest BCUT2D eigenvalue weighted by atomic mass is 16.3. The van der Waals surface area contributed by atoms with Crippen molar-refractivity contribution in [2.24, 2.45) is 0 Å². The second-order valence-electron chi connectivity index (χ2n) is 7.71. The molecule has 0 atom stereocenters. The molecule has 7 nitrogen and oxygen atoms in total. The van der Waals surface area contributed by atoms with Crippen LogP contribution in [-0.2, 0) is 24.4 Å². The lowest BCUT2D eigenvalue weighted by Crippen LogP contribution is -2.47. The van der Waals surface area contributed by atoms with Crippen LogP contribution in [0.3, 0.4) is 0 Å². The lowest BCUT2D eigenvalue weighted by molar-refractivity contribution is -0.142. The summed E-state index contributed by atoms with van der Waals surface area (Å²) in [6, 6.07) is 1.64. The predicted octanol–water partition coefficient (Wildman–Crippen LogP) is 0.486. The lowest BCUT2D eigenvalue weighted by atomic mass is 9.77. The quantitative estimate of drug-likeness (QED) is 0.858. The van der Waals surface area contributed by atoms with Crippen molar-refractivity contribution in [1.29, 1.82) is 0 Å². The number of fused-ring (bicyclic) bond motifs is 1. The maximum atomic E-state index is 12.5. The highest BCUT2D eigenvalue weighted by Gasteiger charge is 2.38. The third-order valence-corrected chi connectivity index (χ3v) is 5.77. The zero-order chi connectivity index (χ0) is 17.4. The van der Waals surface area contributed by atoms with E-state index < -0.39 is 5.60 Å². The molecular formula is C18H26N4O3. The Morgan fingerprint density at radius 3 is 2.60 bits per heavy atom. The minimum absolute atomic E-state index is 0.0242. The molecule has 1 saturated heterocycles. The predicted molar refractivity (Wildman–Crippen MR) is 91.8 cm³/mol. The summed E-state index contributed by atoms with van der Waals surface area (Å²) in [6.45, 7) is 4.17. The summed E-state index contributed by atoms with van der Waals surface area (Å²) in [4.78, 5) is 33.6. The molecule has 0 unspecified atom stereocenters. The molecule has 0 bridgehead atoms. The van der Waals surface area contributed by atoms with Gasteiger partial charge in [0.05, 0.1) is 24.3 Å². The van der Waals surface area contributed by atoms with E-state index >= 15 is 0 Å². The van der Waals surface area contributed by atoms with Crippen LogP contribution in [0, 0.1) is 0 Å². The zero-order valence-electron chi connectivity index (χ0n) is 14.6. The number of nitrogens with zero attached hydrogens (tertiary/aromatic N) is 4. The smallest absolute Gasteiger partial charge is 0.253 e. The van der Waals surface area contributed by atoms with E-state index in [0.29, 0.717) is 44.8 Å². The number of carbonyl (C=O) groups excluding carboxylic acids is 1. The number of aromatic nitrogens is 2. The molecule has 0 spiro atoms. The van der Waals surface area contributed by atoms with Crippen LogP contribution in [0.15, 0.2) is 10.9 Å². The van der Waals surface area contributed by atoms with E-state index in [2.05, 4.69) is 9.88 Å². The number of carbonyl (C=O) groups is 1. The Morgan fingerprint density at radius 1 is 1.16 bits per heavy atom. The second kappa shape index (κ2) is 6.53. The van der Waals surface area contributed by atoms with Crippen molar-refractivity contribution in [2.45, 2.75) is 63.8 Å². The Labute approximate surface area is 147 Å². The standard InChI is InChI=1S/C18H26N4O3/c23-16-10-14(12-20-6-1-2-7-20)19-15-13-21(8-9-22(15)16)17(24)11-18(25)4-3-5-18/h10,25H,1-9,11-13H2. The Hall–Kier alpha value is -1.73. The summed E-state index contributed by atoms with van der Waals surface area (Å²) in [7, 11) is 0. The Morgan fingerprint density at radius 2 is 1.92 bits per heavy atom. The third kappa shape index (κ3) is 3.48. The van der Waals surface area contributed by atoms with Crippen molar-refractivity contribution < 1.29 is 9.90 Å². The summed E-state index contributed by atoms with van der Waals surface area (Å²) in [5.74, 6) is 0.634. The number of aliphatic hydroxyl groups is 1. The van der Waals surface area contributed by atoms with Gasteiger partial charge in [0, 0.05) is 25.7 Å². The number of likely N-dealkylation sites (tertiary alicyclic amines) is 1. The van der Waals surface area contributed by atoms with Crippen LogP contribution in [0.1, 0.15) is 50.0 Å². The summed E-state index contributed by atoms with van der Waals surface area (Å²) < 4.78 is 1.68. The Balaban J connectivity index is 1.47. The van der Waals surface area contributed by atoms with Crippen LogP contribution in [0.2, 0.25) is 0 Å².